The summed E-state index contributed by atoms with van der Waals surface area (Å²) >= 11 is -1.40. The van der Waals surface area contributed by atoms with E-state index in [0.29, 0.717) is 10.0 Å². The van der Waals surface area contributed by atoms with Crippen molar-refractivity contribution >= 4 is 27.5 Å². The molecule has 0 aliphatic rings. The Balaban J connectivity index is 2.50. The van der Waals surface area contributed by atoms with Gasteiger partial charge in [0.25, 0.3) is 0 Å². The van der Waals surface area contributed by atoms with Crippen molar-refractivity contribution in [1.29, 1.82) is 0 Å². The van der Waals surface area contributed by atoms with E-state index < -0.39 is 39.2 Å². The maximum absolute atomic E-state index is 12.7. The van der Waals surface area contributed by atoms with Crippen LogP contribution in [0.1, 0.15) is 5.56 Å². The van der Waals surface area contributed by atoms with Gasteiger partial charge in [0.05, 0.1) is 0 Å². The summed E-state index contributed by atoms with van der Waals surface area (Å²) in [6, 6.07) is 3.29. The van der Waals surface area contributed by atoms with E-state index in [-0.39, 0.29) is 0 Å². The van der Waals surface area contributed by atoms with Crippen molar-refractivity contribution in [3.8, 4) is 0 Å². The van der Waals surface area contributed by atoms with Gasteiger partial charge in [-0.2, -0.15) is 0 Å². The molecule has 78 valence electrons. The van der Waals surface area contributed by atoms with Crippen molar-refractivity contribution < 1.29 is 16.6 Å². The SMILES string of the molecule is C=CC(=O)[O][Sn][CH2]c1cc(F)cc(F)c1. The number of hydrogen-bond donors (Lipinski definition) is 0. The van der Waals surface area contributed by atoms with Crippen LogP contribution >= 0.6 is 0 Å². The molecule has 0 N–H and O–H groups in total. The van der Waals surface area contributed by atoms with Gasteiger partial charge in [0, 0.05) is 0 Å². The molecule has 0 heterocycles. The Bertz CT molecular complexity index is 359. The van der Waals surface area contributed by atoms with Crippen LogP contribution in [0, 0.1) is 11.6 Å². The Kier molecular flexibility index (Phi) is 4.74. The first kappa shape index (κ1) is 12.2. The normalized spacial score (nSPS) is 9.73. The van der Waals surface area contributed by atoms with Gasteiger partial charge < -0.3 is 0 Å². The van der Waals surface area contributed by atoms with Crippen LogP contribution in [-0.4, -0.2) is 27.5 Å². The number of benzene rings is 1. The van der Waals surface area contributed by atoms with Crippen molar-refractivity contribution in [2.45, 2.75) is 4.44 Å². The second-order valence-corrected chi connectivity index (χ2v) is 5.14. The topological polar surface area (TPSA) is 26.3 Å². The fourth-order valence-corrected chi connectivity index (χ4v) is 2.85. The quantitative estimate of drug-likeness (QED) is 0.625. The molecule has 0 saturated heterocycles. The molecule has 1 rings (SSSR count). The van der Waals surface area contributed by atoms with Gasteiger partial charge >= 0.3 is 96.7 Å². The number of rotatable bonds is 4. The van der Waals surface area contributed by atoms with E-state index in [1.807, 2.05) is 0 Å². The van der Waals surface area contributed by atoms with E-state index in [4.69, 9.17) is 3.07 Å². The van der Waals surface area contributed by atoms with E-state index in [2.05, 4.69) is 6.58 Å². The van der Waals surface area contributed by atoms with Gasteiger partial charge in [0.2, 0.25) is 0 Å². The van der Waals surface area contributed by atoms with Gasteiger partial charge in [0.1, 0.15) is 0 Å². The average molecular weight is 317 g/mol. The molecule has 2 radical (unpaired) electrons. The summed E-state index contributed by atoms with van der Waals surface area (Å²) in [5, 5.41) is 0. The summed E-state index contributed by atoms with van der Waals surface area (Å²) in [5.74, 6) is -1.70. The molecule has 0 unspecified atom stereocenters. The molecule has 0 aliphatic heterocycles. The van der Waals surface area contributed by atoms with Crippen molar-refractivity contribution in [2.75, 3.05) is 0 Å². The molecule has 0 spiro atoms. The van der Waals surface area contributed by atoms with E-state index in [1.165, 1.54) is 12.1 Å². The zero-order chi connectivity index (χ0) is 11.3. The van der Waals surface area contributed by atoms with E-state index in [9.17, 15) is 13.6 Å². The Labute approximate surface area is 96.7 Å². The summed E-state index contributed by atoms with van der Waals surface area (Å²) in [7, 11) is 0. The monoisotopic (exact) mass is 318 g/mol. The van der Waals surface area contributed by atoms with Crippen LogP contribution in [0.15, 0.2) is 30.9 Å². The minimum absolute atomic E-state index is 0.442. The molecule has 0 fully saturated rings. The van der Waals surface area contributed by atoms with Gasteiger partial charge in [-0.15, -0.1) is 0 Å². The fourth-order valence-electron chi connectivity index (χ4n) is 0.945. The van der Waals surface area contributed by atoms with E-state index >= 15 is 0 Å². The van der Waals surface area contributed by atoms with Crippen LogP contribution in [0.5, 0.6) is 0 Å². The van der Waals surface area contributed by atoms with Crippen molar-refractivity contribution in [2.24, 2.45) is 0 Å². The molecule has 15 heavy (non-hydrogen) atoms. The van der Waals surface area contributed by atoms with Crippen LogP contribution in [0.2, 0.25) is 0 Å². The summed E-state index contributed by atoms with van der Waals surface area (Å²) in [5.41, 5.74) is 0.524. The molecule has 5 heteroatoms. The molecule has 0 bridgehead atoms. The summed E-state index contributed by atoms with van der Waals surface area (Å²) in [6.45, 7) is 3.25. The summed E-state index contributed by atoms with van der Waals surface area (Å²) < 4.78 is 30.8. The van der Waals surface area contributed by atoms with Crippen molar-refractivity contribution in [3.05, 3.63) is 48.1 Å². The molecule has 1 aromatic rings. The molecule has 0 atom stereocenters. The molecule has 0 saturated carbocycles. The van der Waals surface area contributed by atoms with Gasteiger partial charge in [-0.1, -0.05) is 0 Å². The molecule has 0 aromatic heterocycles. The molecule has 0 amide bonds. The first-order valence-electron chi connectivity index (χ1n) is 4.13. The van der Waals surface area contributed by atoms with Crippen LogP contribution in [0.4, 0.5) is 8.78 Å². The third kappa shape index (κ3) is 4.42. The van der Waals surface area contributed by atoms with Gasteiger partial charge in [0.15, 0.2) is 0 Å². The van der Waals surface area contributed by atoms with Gasteiger partial charge in [-0.05, 0) is 0 Å². The third-order valence-electron chi connectivity index (χ3n) is 1.54. The average Bonchev–Trinajstić information content (AvgIpc) is 2.16. The molecular formula is C10H8F2O2Sn. The Morgan fingerprint density at radius 1 is 1.40 bits per heavy atom. The van der Waals surface area contributed by atoms with Crippen molar-refractivity contribution in [3.63, 3.8) is 0 Å². The van der Waals surface area contributed by atoms with E-state index in [0.717, 1.165) is 12.1 Å². The fraction of sp³-hybridized carbons (Fsp3) is 0.100. The number of carbonyl (C=O) groups excluding carboxylic acids is 1. The Hall–Kier alpha value is -0.911. The number of hydrogen-bond acceptors (Lipinski definition) is 2. The summed E-state index contributed by atoms with van der Waals surface area (Å²) in [6.07, 6.45) is 1.08. The number of halogens is 2. The molecule has 1 aromatic carbocycles. The second-order valence-electron chi connectivity index (χ2n) is 2.72. The zero-order valence-corrected chi connectivity index (χ0v) is 10.7. The first-order valence-corrected chi connectivity index (χ1v) is 7.31. The zero-order valence-electron chi connectivity index (χ0n) is 7.80. The van der Waals surface area contributed by atoms with Crippen molar-refractivity contribution in [1.82, 2.24) is 0 Å². The number of carbonyl (C=O) groups is 1. The Morgan fingerprint density at radius 2 is 2.00 bits per heavy atom. The van der Waals surface area contributed by atoms with E-state index in [1.54, 1.807) is 0 Å². The standard InChI is InChI=1S/C7H5F2.C3H4O2.Sn/c1-5-2-6(8)4-7(9)3-5;1-2-3(4)5;/h2-4H,1H2;2H,1H2,(H,4,5);/q;;+1/p-1. The molecule has 2 nitrogen and oxygen atoms in total. The molecule has 0 aliphatic carbocycles. The van der Waals surface area contributed by atoms with Crippen LogP contribution in [0.3, 0.4) is 0 Å². The first-order chi connectivity index (χ1) is 7.11. The Morgan fingerprint density at radius 3 is 2.53 bits per heavy atom. The minimum atomic E-state index is -1.40. The van der Waals surface area contributed by atoms with Gasteiger partial charge in [-0.3, -0.25) is 0 Å². The maximum atomic E-state index is 12.7. The predicted octanol–water partition coefficient (Wildman–Crippen LogP) is 1.81. The van der Waals surface area contributed by atoms with Crippen LogP contribution in [-0.2, 0) is 12.3 Å². The van der Waals surface area contributed by atoms with Gasteiger partial charge in [-0.25, -0.2) is 0 Å². The molecular weight excluding hydrogens is 309 g/mol. The predicted molar refractivity (Wildman–Crippen MR) is 52.1 cm³/mol. The summed E-state index contributed by atoms with van der Waals surface area (Å²) in [4.78, 5) is 10.7. The second kappa shape index (κ2) is 5.85. The van der Waals surface area contributed by atoms with Crippen LogP contribution < -0.4 is 0 Å². The van der Waals surface area contributed by atoms with Crippen LogP contribution in [0.25, 0.3) is 0 Å². The third-order valence-corrected chi connectivity index (χ3v) is 4.10.